The van der Waals surface area contributed by atoms with Gasteiger partial charge in [-0.3, -0.25) is 14.7 Å². The number of anilines is 2. The largest absolute Gasteiger partial charge is 0.369 e. The van der Waals surface area contributed by atoms with Gasteiger partial charge in [0.25, 0.3) is 0 Å². The van der Waals surface area contributed by atoms with Crippen molar-refractivity contribution >= 4 is 17.3 Å². The lowest BCUT2D eigenvalue weighted by molar-refractivity contribution is -0.116. The molecular formula is C27H29N5O. The number of carbonyl (C=O) groups is 1. The first-order chi connectivity index (χ1) is 16.2. The number of hydrogen-bond acceptors (Lipinski definition) is 5. The third kappa shape index (κ3) is 6.41. The number of carbonyl (C=O) groups excluding carboxylic acids is 1. The second kappa shape index (κ2) is 11.3. The van der Waals surface area contributed by atoms with Crippen LogP contribution in [0.1, 0.15) is 24.8 Å². The molecule has 0 saturated carbocycles. The maximum Gasteiger partial charge on any atom is 0.224 e. The van der Waals surface area contributed by atoms with E-state index < -0.39 is 0 Å². The highest BCUT2D eigenvalue weighted by Crippen LogP contribution is 2.21. The average molecular weight is 440 g/mol. The maximum atomic E-state index is 12.3. The quantitative estimate of drug-likeness (QED) is 0.521. The Morgan fingerprint density at radius 3 is 2.52 bits per heavy atom. The van der Waals surface area contributed by atoms with Crippen molar-refractivity contribution in [1.82, 2.24) is 9.88 Å². The number of nitriles is 1. The molecule has 1 N–H and O–H groups in total. The molecule has 0 bridgehead atoms. The molecule has 33 heavy (non-hydrogen) atoms. The lowest BCUT2D eigenvalue weighted by atomic mass is 10.1. The normalized spacial score (nSPS) is 14.0. The topological polar surface area (TPSA) is 72.3 Å². The Balaban J connectivity index is 1.13. The van der Waals surface area contributed by atoms with E-state index in [-0.39, 0.29) is 5.91 Å². The molecule has 1 saturated heterocycles. The van der Waals surface area contributed by atoms with Crippen LogP contribution < -0.4 is 10.2 Å². The maximum absolute atomic E-state index is 12.3. The molecule has 1 aromatic heterocycles. The summed E-state index contributed by atoms with van der Waals surface area (Å²) in [5.41, 5.74) is 4.80. The van der Waals surface area contributed by atoms with Crippen molar-refractivity contribution in [1.29, 1.82) is 5.26 Å². The Morgan fingerprint density at radius 1 is 0.970 bits per heavy atom. The monoisotopic (exact) mass is 439 g/mol. The number of pyridine rings is 1. The van der Waals surface area contributed by atoms with Crippen LogP contribution in [0.15, 0.2) is 73.1 Å². The van der Waals surface area contributed by atoms with Crippen LogP contribution in [0.4, 0.5) is 11.4 Å². The minimum Gasteiger partial charge on any atom is -0.369 e. The smallest absolute Gasteiger partial charge is 0.224 e. The third-order valence-corrected chi connectivity index (χ3v) is 6.00. The first-order valence-corrected chi connectivity index (χ1v) is 11.5. The van der Waals surface area contributed by atoms with Crippen molar-refractivity contribution in [2.75, 3.05) is 42.9 Å². The molecule has 2 aromatic carbocycles. The Kier molecular flexibility index (Phi) is 7.68. The van der Waals surface area contributed by atoms with Crippen LogP contribution in [0.5, 0.6) is 0 Å². The molecule has 168 valence electrons. The summed E-state index contributed by atoms with van der Waals surface area (Å²) in [4.78, 5) is 21.2. The molecule has 0 aliphatic carbocycles. The Hall–Kier alpha value is -3.69. The molecule has 4 rings (SSSR count). The highest BCUT2D eigenvalue weighted by Gasteiger charge is 2.17. The summed E-state index contributed by atoms with van der Waals surface area (Å²) in [5, 5.41) is 12.1. The molecule has 0 atom stereocenters. The number of hydrogen-bond donors (Lipinski definition) is 1. The van der Waals surface area contributed by atoms with Crippen LogP contribution in [0.3, 0.4) is 0 Å². The van der Waals surface area contributed by atoms with Crippen LogP contribution in [-0.4, -0.2) is 48.5 Å². The highest BCUT2D eigenvalue weighted by atomic mass is 16.1. The molecule has 6 heteroatoms. The molecule has 0 unspecified atom stereocenters. The van der Waals surface area contributed by atoms with Gasteiger partial charge in [-0.15, -0.1) is 0 Å². The zero-order chi connectivity index (χ0) is 22.9. The van der Waals surface area contributed by atoms with Gasteiger partial charge in [0.15, 0.2) is 0 Å². The van der Waals surface area contributed by atoms with E-state index in [1.54, 1.807) is 6.20 Å². The summed E-state index contributed by atoms with van der Waals surface area (Å²) in [6, 6.07) is 21.8. The molecule has 2 heterocycles. The molecule has 3 aromatic rings. The van der Waals surface area contributed by atoms with Gasteiger partial charge in [0.1, 0.15) is 0 Å². The van der Waals surface area contributed by atoms with Crippen LogP contribution in [-0.2, 0) is 4.79 Å². The minimum absolute atomic E-state index is 0.0614. The van der Waals surface area contributed by atoms with Gasteiger partial charge in [0, 0.05) is 56.4 Å². The number of unbranched alkanes of at least 4 members (excludes halogenated alkanes) is 1. The standard InChI is InChI=1S/C27H29N5O/c28-20-22-5-3-7-26(19-22)32-17-15-31(16-18-32)14-2-1-8-27(33)30-25-11-9-23(10-12-25)24-6-4-13-29-21-24/h3-7,9-13,19,21H,1-2,8,14-18H2,(H,30,33). The molecular weight excluding hydrogens is 410 g/mol. The van der Waals surface area contributed by atoms with Gasteiger partial charge in [-0.25, -0.2) is 0 Å². The fourth-order valence-electron chi connectivity index (χ4n) is 4.13. The van der Waals surface area contributed by atoms with E-state index in [4.69, 9.17) is 5.26 Å². The lowest BCUT2D eigenvalue weighted by Gasteiger charge is -2.36. The lowest BCUT2D eigenvalue weighted by Crippen LogP contribution is -2.46. The van der Waals surface area contributed by atoms with Gasteiger partial charge in [0.05, 0.1) is 11.6 Å². The van der Waals surface area contributed by atoms with Crippen molar-refractivity contribution in [3.8, 4) is 17.2 Å². The second-order valence-electron chi connectivity index (χ2n) is 8.32. The Labute approximate surface area is 195 Å². The number of aromatic nitrogens is 1. The number of nitrogens with one attached hydrogen (secondary N) is 1. The first kappa shape index (κ1) is 22.5. The molecule has 6 nitrogen and oxygen atoms in total. The molecule has 1 fully saturated rings. The van der Waals surface area contributed by atoms with Crippen LogP contribution in [0.2, 0.25) is 0 Å². The second-order valence-corrected chi connectivity index (χ2v) is 8.32. The van der Waals surface area contributed by atoms with Crippen molar-refractivity contribution in [3.05, 3.63) is 78.6 Å². The summed E-state index contributed by atoms with van der Waals surface area (Å²) in [5.74, 6) is 0.0614. The number of nitrogens with zero attached hydrogens (tertiary/aromatic N) is 4. The van der Waals surface area contributed by atoms with Crippen LogP contribution >= 0.6 is 0 Å². The van der Waals surface area contributed by atoms with E-state index in [0.717, 1.165) is 68.1 Å². The van der Waals surface area contributed by atoms with E-state index in [0.29, 0.717) is 12.0 Å². The van der Waals surface area contributed by atoms with Crippen molar-refractivity contribution in [2.45, 2.75) is 19.3 Å². The fraction of sp³-hybridized carbons (Fsp3) is 0.296. The van der Waals surface area contributed by atoms with Gasteiger partial charge in [-0.1, -0.05) is 24.3 Å². The van der Waals surface area contributed by atoms with Gasteiger partial charge in [0.2, 0.25) is 5.91 Å². The average Bonchev–Trinajstić information content (AvgIpc) is 2.88. The summed E-state index contributed by atoms with van der Waals surface area (Å²) in [7, 11) is 0. The first-order valence-electron chi connectivity index (χ1n) is 11.5. The highest BCUT2D eigenvalue weighted by molar-refractivity contribution is 5.90. The SMILES string of the molecule is N#Cc1cccc(N2CCN(CCCCC(=O)Nc3ccc(-c4cccnc4)cc3)CC2)c1. The van der Waals surface area contributed by atoms with Gasteiger partial charge in [-0.2, -0.15) is 5.26 Å². The van der Waals surface area contributed by atoms with Crippen molar-refractivity contribution in [2.24, 2.45) is 0 Å². The fourth-order valence-corrected chi connectivity index (χ4v) is 4.13. The summed E-state index contributed by atoms with van der Waals surface area (Å²) < 4.78 is 0. The van der Waals surface area contributed by atoms with E-state index in [9.17, 15) is 4.79 Å². The van der Waals surface area contributed by atoms with Gasteiger partial charge in [-0.05, 0) is 66.9 Å². The number of rotatable bonds is 8. The molecule has 0 radical (unpaired) electrons. The van der Waals surface area contributed by atoms with E-state index in [1.807, 2.05) is 60.8 Å². The zero-order valence-electron chi connectivity index (χ0n) is 18.8. The number of piperazine rings is 1. The van der Waals surface area contributed by atoms with Crippen LogP contribution in [0.25, 0.3) is 11.1 Å². The van der Waals surface area contributed by atoms with E-state index >= 15 is 0 Å². The zero-order valence-corrected chi connectivity index (χ0v) is 18.8. The van der Waals surface area contributed by atoms with Crippen molar-refractivity contribution < 1.29 is 4.79 Å². The van der Waals surface area contributed by atoms with Crippen molar-refractivity contribution in [3.63, 3.8) is 0 Å². The minimum atomic E-state index is 0.0614. The number of benzene rings is 2. The molecule has 0 spiro atoms. The molecule has 1 aliphatic heterocycles. The molecule has 1 amide bonds. The van der Waals surface area contributed by atoms with Gasteiger partial charge >= 0.3 is 0 Å². The van der Waals surface area contributed by atoms with E-state index in [2.05, 4.69) is 32.2 Å². The predicted octanol–water partition coefficient (Wildman–Crippen LogP) is 4.55. The Morgan fingerprint density at radius 2 is 1.79 bits per heavy atom. The summed E-state index contributed by atoms with van der Waals surface area (Å²) >= 11 is 0. The predicted molar refractivity (Wildman–Crippen MR) is 132 cm³/mol. The van der Waals surface area contributed by atoms with Crippen LogP contribution in [0, 0.1) is 11.3 Å². The number of amides is 1. The van der Waals surface area contributed by atoms with Gasteiger partial charge < -0.3 is 10.2 Å². The third-order valence-electron chi connectivity index (χ3n) is 6.00. The Bertz CT molecular complexity index is 1080. The van der Waals surface area contributed by atoms with E-state index in [1.165, 1.54) is 0 Å². The molecule has 1 aliphatic rings. The summed E-state index contributed by atoms with van der Waals surface area (Å²) in [6.07, 6.45) is 6.01. The summed E-state index contributed by atoms with van der Waals surface area (Å²) in [6.45, 7) is 4.95.